The maximum absolute atomic E-state index is 13.5. The Morgan fingerprint density at radius 1 is 1.03 bits per heavy atom. The van der Waals surface area contributed by atoms with E-state index in [1.54, 1.807) is 25.3 Å². The molecule has 2 aromatic carbocycles. The Bertz CT molecular complexity index is 1320. The standard InChI is InChI=1S/C30H37F3N4O/c1-29(2,3)21-11-12-28(38-5)26(18-21)34-15-7-8-23-19-24-25(35-22-13-16-36(4)17-14-22)9-6-10-27(24)37(23)20-30(31,32)33/h6,9-12,18-19,22,34-35H,13-17,20H2,1-5H3. The van der Waals surface area contributed by atoms with E-state index < -0.39 is 12.7 Å². The number of halogens is 3. The number of fused-ring (bicyclic) bond motifs is 1. The first-order valence-electron chi connectivity index (χ1n) is 13.0. The number of rotatable bonds is 6. The molecule has 0 radical (unpaired) electrons. The van der Waals surface area contributed by atoms with Crippen molar-refractivity contribution in [1.29, 1.82) is 0 Å². The Morgan fingerprint density at radius 3 is 2.42 bits per heavy atom. The normalized spacial score (nSPS) is 15.3. The molecule has 1 aliphatic heterocycles. The van der Waals surface area contributed by atoms with Gasteiger partial charge in [-0.3, -0.25) is 0 Å². The number of likely N-dealkylation sites (tertiary alicyclic amines) is 1. The van der Waals surface area contributed by atoms with Crippen LogP contribution in [0.15, 0.2) is 42.5 Å². The zero-order chi connectivity index (χ0) is 27.5. The Labute approximate surface area is 223 Å². The lowest BCUT2D eigenvalue weighted by molar-refractivity contribution is -0.140. The van der Waals surface area contributed by atoms with Gasteiger partial charge < -0.3 is 24.8 Å². The van der Waals surface area contributed by atoms with Crippen LogP contribution < -0.4 is 15.4 Å². The molecule has 0 atom stereocenters. The average molecular weight is 527 g/mol. The van der Waals surface area contributed by atoms with Crippen LogP contribution in [-0.2, 0) is 12.0 Å². The highest BCUT2D eigenvalue weighted by Gasteiger charge is 2.30. The summed E-state index contributed by atoms with van der Waals surface area (Å²) in [4.78, 5) is 2.29. The van der Waals surface area contributed by atoms with Gasteiger partial charge in [-0.15, -0.1) is 0 Å². The lowest BCUT2D eigenvalue weighted by atomic mass is 9.87. The minimum absolute atomic E-state index is 0.0355. The number of ether oxygens (including phenoxy) is 1. The van der Waals surface area contributed by atoms with Gasteiger partial charge in [0.15, 0.2) is 0 Å². The Hall–Kier alpha value is -3.31. The molecule has 0 saturated carbocycles. The van der Waals surface area contributed by atoms with E-state index in [0.29, 0.717) is 23.0 Å². The zero-order valence-corrected chi connectivity index (χ0v) is 22.8. The number of hydrogen-bond acceptors (Lipinski definition) is 4. The Morgan fingerprint density at radius 2 is 1.76 bits per heavy atom. The van der Waals surface area contributed by atoms with Gasteiger partial charge in [0.1, 0.15) is 12.3 Å². The van der Waals surface area contributed by atoms with Gasteiger partial charge in [0.25, 0.3) is 0 Å². The van der Waals surface area contributed by atoms with Gasteiger partial charge in [-0.1, -0.05) is 38.8 Å². The molecule has 38 heavy (non-hydrogen) atoms. The van der Waals surface area contributed by atoms with Gasteiger partial charge in [0.2, 0.25) is 0 Å². The van der Waals surface area contributed by atoms with Crippen LogP contribution >= 0.6 is 0 Å². The van der Waals surface area contributed by atoms with E-state index in [-0.39, 0.29) is 12.0 Å². The van der Waals surface area contributed by atoms with Crippen molar-refractivity contribution in [1.82, 2.24) is 9.47 Å². The van der Waals surface area contributed by atoms with Gasteiger partial charge in [-0.2, -0.15) is 13.2 Å². The van der Waals surface area contributed by atoms with Crippen LogP contribution in [0.3, 0.4) is 0 Å². The minimum atomic E-state index is -4.36. The summed E-state index contributed by atoms with van der Waals surface area (Å²) < 4.78 is 47.4. The van der Waals surface area contributed by atoms with Gasteiger partial charge in [0.05, 0.1) is 30.6 Å². The topological polar surface area (TPSA) is 41.5 Å². The fourth-order valence-corrected chi connectivity index (χ4v) is 4.82. The van der Waals surface area contributed by atoms with Crippen molar-refractivity contribution in [2.45, 2.75) is 57.8 Å². The predicted molar refractivity (Wildman–Crippen MR) is 149 cm³/mol. The number of aromatic nitrogens is 1. The summed E-state index contributed by atoms with van der Waals surface area (Å²) in [5.41, 5.74) is 3.62. The number of benzene rings is 2. The predicted octanol–water partition coefficient (Wildman–Crippen LogP) is 6.48. The number of nitrogens with zero attached hydrogens (tertiary/aromatic N) is 2. The molecule has 3 aromatic rings. The molecule has 1 fully saturated rings. The zero-order valence-electron chi connectivity index (χ0n) is 22.8. The second-order valence-corrected chi connectivity index (χ2v) is 11.0. The van der Waals surface area contributed by atoms with Crippen LogP contribution in [0.2, 0.25) is 0 Å². The number of alkyl halides is 3. The van der Waals surface area contributed by atoms with Crippen molar-refractivity contribution >= 4 is 22.3 Å². The third-order valence-electron chi connectivity index (χ3n) is 7.01. The lowest BCUT2D eigenvalue weighted by Gasteiger charge is -2.30. The van der Waals surface area contributed by atoms with E-state index in [2.05, 4.69) is 55.2 Å². The number of methoxy groups -OCH3 is 1. The van der Waals surface area contributed by atoms with Gasteiger partial charge in [-0.25, -0.2) is 0 Å². The summed E-state index contributed by atoms with van der Waals surface area (Å²) in [6.45, 7) is 7.56. The third-order valence-corrected chi connectivity index (χ3v) is 7.01. The Kier molecular flexibility index (Phi) is 8.17. The highest BCUT2D eigenvalue weighted by atomic mass is 19.4. The summed E-state index contributed by atoms with van der Waals surface area (Å²) in [5, 5.41) is 7.60. The monoisotopic (exact) mass is 526 g/mol. The summed E-state index contributed by atoms with van der Waals surface area (Å²) in [5.74, 6) is 6.70. The second-order valence-electron chi connectivity index (χ2n) is 11.0. The van der Waals surface area contributed by atoms with Crippen molar-refractivity contribution in [3.63, 3.8) is 0 Å². The molecule has 2 N–H and O–H groups in total. The summed E-state index contributed by atoms with van der Waals surface area (Å²) in [7, 11) is 3.71. The average Bonchev–Trinajstić information content (AvgIpc) is 3.19. The molecule has 1 aromatic heterocycles. The summed E-state index contributed by atoms with van der Waals surface area (Å²) in [6, 6.07) is 13.5. The highest BCUT2D eigenvalue weighted by Crippen LogP contribution is 2.32. The van der Waals surface area contributed by atoms with E-state index >= 15 is 0 Å². The maximum atomic E-state index is 13.5. The lowest BCUT2D eigenvalue weighted by Crippen LogP contribution is -2.36. The molecular formula is C30H37F3N4O. The summed E-state index contributed by atoms with van der Waals surface area (Å²) in [6.07, 6.45) is -2.37. The highest BCUT2D eigenvalue weighted by molar-refractivity contribution is 5.94. The van der Waals surface area contributed by atoms with Crippen LogP contribution in [0.1, 0.15) is 44.9 Å². The molecule has 1 saturated heterocycles. The molecule has 0 aliphatic carbocycles. The number of hydrogen-bond donors (Lipinski definition) is 2. The van der Waals surface area contributed by atoms with E-state index in [4.69, 9.17) is 4.74 Å². The molecule has 5 nitrogen and oxygen atoms in total. The molecule has 0 spiro atoms. The van der Waals surface area contributed by atoms with Crippen LogP contribution in [0.25, 0.3) is 10.9 Å². The molecule has 0 unspecified atom stereocenters. The van der Waals surface area contributed by atoms with Gasteiger partial charge >= 0.3 is 6.18 Å². The molecule has 1 aliphatic rings. The largest absolute Gasteiger partial charge is 0.495 e. The van der Waals surface area contributed by atoms with Crippen molar-refractivity contribution in [2.75, 3.05) is 44.4 Å². The van der Waals surface area contributed by atoms with E-state index in [1.165, 1.54) is 4.57 Å². The quantitative estimate of drug-likeness (QED) is 0.361. The van der Waals surface area contributed by atoms with Crippen molar-refractivity contribution < 1.29 is 17.9 Å². The summed E-state index contributed by atoms with van der Waals surface area (Å²) >= 11 is 0. The number of nitrogens with one attached hydrogen (secondary N) is 2. The fourth-order valence-electron chi connectivity index (χ4n) is 4.82. The molecule has 4 rings (SSSR count). The van der Waals surface area contributed by atoms with Crippen molar-refractivity contribution in [3.05, 3.63) is 53.7 Å². The first-order valence-corrected chi connectivity index (χ1v) is 13.0. The van der Waals surface area contributed by atoms with E-state index in [0.717, 1.165) is 48.3 Å². The molecule has 2 heterocycles. The van der Waals surface area contributed by atoms with E-state index in [1.807, 2.05) is 24.3 Å². The van der Waals surface area contributed by atoms with Crippen LogP contribution in [0.4, 0.5) is 24.5 Å². The first kappa shape index (κ1) is 27.7. The molecule has 0 amide bonds. The van der Waals surface area contributed by atoms with Crippen LogP contribution in [0, 0.1) is 11.8 Å². The van der Waals surface area contributed by atoms with E-state index in [9.17, 15) is 13.2 Å². The van der Waals surface area contributed by atoms with Crippen LogP contribution in [0.5, 0.6) is 5.75 Å². The third kappa shape index (κ3) is 6.76. The number of piperidine rings is 1. The minimum Gasteiger partial charge on any atom is -0.495 e. The first-order chi connectivity index (χ1) is 17.9. The maximum Gasteiger partial charge on any atom is 0.406 e. The Balaban J connectivity index is 1.60. The molecular weight excluding hydrogens is 489 g/mol. The second kappa shape index (κ2) is 11.2. The molecule has 8 heteroatoms. The van der Waals surface area contributed by atoms with Crippen molar-refractivity contribution in [3.8, 4) is 17.6 Å². The molecule has 204 valence electrons. The SMILES string of the molecule is COc1ccc(C(C)(C)C)cc1NCC#Cc1cc2c(NC3CCN(C)CC3)cccc2n1CC(F)(F)F. The van der Waals surface area contributed by atoms with Crippen molar-refractivity contribution in [2.24, 2.45) is 0 Å². The van der Waals surface area contributed by atoms with Gasteiger partial charge in [0, 0.05) is 17.1 Å². The fraction of sp³-hybridized carbons (Fsp3) is 0.467. The van der Waals surface area contributed by atoms with Gasteiger partial charge in [-0.05, 0) is 80.2 Å². The van der Waals surface area contributed by atoms with Crippen LogP contribution in [-0.4, -0.2) is 55.5 Å². The smallest absolute Gasteiger partial charge is 0.406 e. The number of anilines is 2. The molecule has 0 bridgehead atoms.